The summed E-state index contributed by atoms with van der Waals surface area (Å²) in [6.45, 7) is 3.54. The lowest BCUT2D eigenvalue weighted by Gasteiger charge is -2.36. The van der Waals surface area contributed by atoms with Gasteiger partial charge in [0.05, 0.1) is 6.20 Å². The highest BCUT2D eigenvalue weighted by Crippen LogP contribution is 2.22. The van der Waals surface area contributed by atoms with Crippen molar-refractivity contribution in [2.75, 3.05) is 36.0 Å². The third-order valence-corrected chi connectivity index (χ3v) is 3.72. The van der Waals surface area contributed by atoms with E-state index in [2.05, 4.69) is 20.9 Å². The molecule has 0 atom stereocenters. The van der Waals surface area contributed by atoms with Gasteiger partial charge >= 0.3 is 0 Å². The number of benzene rings is 1. The average molecular weight is 292 g/mol. The van der Waals surface area contributed by atoms with Crippen LogP contribution in [0.2, 0.25) is 5.02 Å². The molecule has 3 nitrogen and oxygen atoms in total. The molecule has 5 heteroatoms. The Bertz CT molecular complexity index is 580. The van der Waals surface area contributed by atoms with Gasteiger partial charge in [-0.25, -0.2) is 9.37 Å². The van der Waals surface area contributed by atoms with Gasteiger partial charge in [0.1, 0.15) is 11.6 Å². The molecule has 0 bridgehead atoms. The Morgan fingerprint density at radius 2 is 1.75 bits per heavy atom. The molecular formula is C15H15ClFN3. The second-order valence-electron chi connectivity index (χ2n) is 4.79. The van der Waals surface area contributed by atoms with Gasteiger partial charge in [-0.15, -0.1) is 0 Å². The molecule has 1 fully saturated rings. The minimum Gasteiger partial charge on any atom is -0.368 e. The first kappa shape index (κ1) is 13.2. The lowest BCUT2D eigenvalue weighted by molar-refractivity contribution is 0.615. The highest BCUT2D eigenvalue weighted by Gasteiger charge is 2.18. The Morgan fingerprint density at radius 3 is 2.40 bits per heavy atom. The zero-order chi connectivity index (χ0) is 13.9. The predicted molar refractivity (Wildman–Crippen MR) is 80.1 cm³/mol. The molecule has 2 heterocycles. The molecule has 1 aliphatic rings. The molecule has 0 radical (unpaired) electrons. The third kappa shape index (κ3) is 2.85. The number of rotatable bonds is 2. The smallest absolute Gasteiger partial charge is 0.141 e. The number of pyridine rings is 1. The number of hydrogen-bond donors (Lipinski definition) is 0. The van der Waals surface area contributed by atoms with Crippen LogP contribution in [-0.2, 0) is 0 Å². The highest BCUT2D eigenvalue weighted by atomic mass is 35.5. The molecule has 2 aromatic rings. The molecular weight excluding hydrogens is 277 g/mol. The van der Waals surface area contributed by atoms with Gasteiger partial charge in [-0.3, -0.25) is 0 Å². The Hall–Kier alpha value is -1.81. The fourth-order valence-corrected chi connectivity index (χ4v) is 2.61. The van der Waals surface area contributed by atoms with Crippen molar-refractivity contribution in [2.24, 2.45) is 0 Å². The van der Waals surface area contributed by atoms with Crippen LogP contribution in [0.5, 0.6) is 0 Å². The van der Waals surface area contributed by atoms with E-state index in [4.69, 9.17) is 11.6 Å². The number of piperazine rings is 1. The van der Waals surface area contributed by atoms with E-state index in [1.807, 2.05) is 18.2 Å². The second-order valence-corrected chi connectivity index (χ2v) is 5.23. The second kappa shape index (κ2) is 5.67. The van der Waals surface area contributed by atoms with Crippen LogP contribution in [0.15, 0.2) is 42.6 Å². The molecule has 104 valence electrons. The minimum atomic E-state index is -0.300. The first-order valence-corrected chi connectivity index (χ1v) is 6.97. The van der Waals surface area contributed by atoms with Gasteiger partial charge in [-0.05, 0) is 30.3 Å². The van der Waals surface area contributed by atoms with Crippen molar-refractivity contribution >= 4 is 23.1 Å². The lowest BCUT2D eigenvalue weighted by atomic mass is 10.2. The number of hydrogen-bond acceptors (Lipinski definition) is 3. The summed E-state index contributed by atoms with van der Waals surface area (Å²) in [4.78, 5) is 8.59. The van der Waals surface area contributed by atoms with E-state index in [0.29, 0.717) is 0 Å². The van der Waals surface area contributed by atoms with Crippen LogP contribution in [-0.4, -0.2) is 31.2 Å². The molecule has 0 unspecified atom stereocenters. The van der Waals surface area contributed by atoms with E-state index in [-0.39, 0.29) is 5.82 Å². The van der Waals surface area contributed by atoms with Crippen molar-refractivity contribution < 1.29 is 4.39 Å². The summed E-state index contributed by atoms with van der Waals surface area (Å²) < 4.78 is 12.9. The van der Waals surface area contributed by atoms with E-state index in [1.165, 1.54) is 12.3 Å². The van der Waals surface area contributed by atoms with Crippen molar-refractivity contribution in [2.45, 2.75) is 0 Å². The zero-order valence-corrected chi connectivity index (χ0v) is 11.7. The maximum atomic E-state index is 12.9. The van der Waals surface area contributed by atoms with Gasteiger partial charge in [0.15, 0.2) is 0 Å². The number of nitrogens with zero attached hydrogens (tertiary/aromatic N) is 3. The molecule has 0 aliphatic carbocycles. The van der Waals surface area contributed by atoms with E-state index in [1.54, 1.807) is 6.07 Å². The third-order valence-electron chi connectivity index (χ3n) is 3.49. The topological polar surface area (TPSA) is 19.4 Å². The van der Waals surface area contributed by atoms with Crippen LogP contribution >= 0.6 is 11.6 Å². The Balaban J connectivity index is 1.66. The van der Waals surface area contributed by atoms with Crippen molar-refractivity contribution in [1.29, 1.82) is 0 Å². The first-order chi connectivity index (χ1) is 9.72. The van der Waals surface area contributed by atoms with Crippen LogP contribution < -0.4 is 9.80 Å². The molecule has 0 amide bonds. The van der Waals surface area contributed by atoms with Crippen LogP contribution in [0.25, 0.3) is 0 Å². The van der Waals surface area contributed by atoms with E-state index >= 15 is 0 Å². The molecule has 0 saturated carbocycles. The monoisotopic (exact) mass is 291 g/mol. The molecule has 0 spiro atoms. The Morgan fingerprint density at radius 1 is 1.00 bits per heavy atom. The molecule has 1 saturated heterocycles. The Kier molecular flexibility index (Phi) is 3.74. The lowest BCUT2D eigenvalue weighted by Crippen LogP contribution is -2.46. The highest BCUT2D eigenvalue weighted by molar-refractivity contribution is 6.30. The molecule has 3 rings (SSSR count). The SMILES string of the molecule is Fc1ccc(N2CCN(c3cccc(Cl)c3)CC2)nc1. The maximum Gasteiger partial charge on any atom is 0.141 e. The van der Waals surface area contributed by atoms with E-state index in [0.717, 1.165) is 42.7 Å². The van der Waals surface area contributed by atoms with Gasteiger partial charge in [0.2, 0.25) is 0 Å². The van der Waals surface area contributed by atoms with Crippen LogP contribution in [0, 0.1) is 5.82 Å². The Labute approximate surface area is 122 Å². The largest absolute Gasteiger partial charge is 0.368 e. The first-order valence-electron chi connectivity index (χ1n) is 6.59. The maximum absolute atomic E-state index is 12.9. The molecule has 20 heavy (non-hydrogen) atoms. The molecule has 0 N–H and O–H groups in total. The zero-order valence-electron chi connectivity index (χ0n) is 11.0. The summed E-state index contributed by atoms with van der Waals surface area (Å²) >= 11 is 6.02. The quantitative estimate of drug-likeness (QED) is 0.847. The normalized spacial score (nSPS) is 15.5. The van der Waals surface area contributed by atoms with E-state index < -0.39 is 0 Å². The van der Waals surface area contributed by atoms with Crippen LogP contribution in [0.3, 0.4) is 0 Å². The number of anilines is 2. The summed E-state index contributed by atoms with van der Waals surface area (Å²) in [5.74, 6) is 0.531. The van der Waals surface area contributed by atoms with Gasteiger partial charge in [0.25, 0.3) is 0 Å². The standard InChI is InChI=1S/C15H15ClFN3/c16-12-2-1-3-14(10-12)19-6-8-20(9-7-19)15-5-4-13(17)11-18-15/h1-5,10-11H,6-9H2. The van der Waals surface area contributed by atoms with Crippen molar-refractivity contribution in [3.63, 3.8) is 0 Å². The summed E-state index contributed by atoms with van der Waals surface area (Å²) in [5, 5.41) is 0.755. The van der Waals surface area contributed by atoms with Crippen molar-refractivity contribution in [1.82, 2.24) is 4.98 Å². The molecule has 1 aromatic heterocycles. The van der Waals surface area contributed by atoms with Gasteiger partial charge in [0, 0.05) is 36.9 Å². The summed E-state index contributed by atoms with van der Waals surface area (Å²) in [6.07, 6.45) is 1.26. The van der Waals surface area contributed by atoms with E-state index in [9.17, 15) is 4.39 Å². The van der Waals surface area contributed by atoms with Crippen molar-refractivity contribution in [3.05, 3.63) is 53.4 Å². The summed E-state index contributed by atoms with van der Waals surface area (Å²) in [6, 6.07) is 11.1. The molecule has 1 aliphatic heterocycles. The molecule has 1 aromatic carbocycles. The van der Waals surface area contributed by atoms with Gasteiger partial charge in [-0.1, -0.05) is 17.7 Å². The fourth-order valence-electron chi connectivity index (χ4n) is 2.42. The predicted octanol–water partition coefficient (Wildman–Crippen LogP) is 3.20. The van der Waals surface area contributed by atoms with Gasteiger partial charge in [-0.2, -0.15) is 0 Å². The summed E-state index contributed by atoms with van der Waals surface area (Å²) in [5.41, 5.74) is 1.14. The number of halogens is 2. The van der Waals surface area contributed by atoms with Crippen LogP contribution in [0.1, 0.15) is 0 Å². The fraction of sp³-hybridized carbons (Fsp3) is 0.267. The average Bonchev–Trinajstić information content (AvgIpc) is 2.48. The van der Waals surface area contributed by atoms with Crippen molar-refractivity contribution in [3.8, 4) is 0 Å². The van der Waals surface area contributed by atoms with Crippen LogP contribution in [0.4, 0.5) is 15.9 Å². The summed E-state index contributed by atoms with van der Waals surface area (Å²) in [7, 11) is 0. The minimum absolute atomic E-state index is 0.300. The van der Waals surface area contributed by atoms with Gasteiger partial charge < -0.3 is 9.80 Å². The number of aromatic nitrogens is 1.